The highest BCUT2D eigenvalue weighted by atomic mass is 16.2. The zero-order chi connectivity index (χ0) is 14.6. The predicted octanol–water partition coefficient (Wildman–Crippen LogP) is 3.54. The largest absolute Gasteiger partial charge is 0.323 e. The van der Waals surface area contributed by atoms with Crippen molar-refractivity contribution in [2.75, 3.05) is 0 Å². The summed E-state index contributed by atoms with van der Waals surface area (Å²) in [6, 6.07) is 0.317. The van der Waals surface area contributed by atoms with Crippen LogP contribution in [0.1, 0.15) is 73.6 Å². The molecule has 1 amide bonds. The third-order valence-corrected chi connectivity index (χ3v) is 4.36. The first-order valence-corrected chi connectivity index (χ1v) is 7.91. The van der Waals surface area contributed by atoms with Crippen molar-refractivity contribution in [2.45, 2.75) is 91.9 Å². The van der Waals surface area contributed by atoms with Gasteiger partial charge in [0.25, 0.3) is 0 Å². The second-order valence-corrected chi connectivity index (χ2v) is 6.95. The maximum absolute atomic E-state index is 12.6. The molecule has 1 fully saturated rings. The van der Waals surface area contributed by atoms with E-state index in [4.69, 9.17) is 0 Å². The zero-order valence-corrected chi connectivity index (χ0v) is 13.6. The highest BCUT2D eigenvalue weighted by Gasteiger charge is 2.43. The van der Waals surface area contributed by atoms with Gasteiger partial charge >= 0.3 is 0 Å². The molecule has 112 valence electrons. The first-order valence-electron chi connectivity index (χ1n) is 7.91. The molecule has 3 nitrogen and oxygen atoms in total. The number of carbonyl (C=O) groups is 1. The highest BCUT2D eigenvalue weighted by molar-refractivity contribution is 5.84. The van der Waals surface area contributed by atoms with E-state index in [9.17, 15) is 4.79 Å². The van der Waals surface area contributed by atoms with Crippen molar-refractivity contribution in [1.82, 2.24) is 10.2 Å². The van der Waals surface area contributed by atoms with Crippen LogP contribution in [0.4, 0.5) is 0 Å². The number of nitrogens with one attached hydrogen (secondary N) is 1. The molecule has 3 heteroatoms. The Kier molecular flexibility index (Phi) is 5.84. The van der Waals surface area contributed by atoms with Gasteiger partial charge in [0.2, 0.25) is 5.91 Å². The molecule has 0 spiro atoms. The summed E-state index contributed by atoms with van der Waals surface area (Å²) in [7, 11) is 0. The Morgan fingerprint density at radius 2 is 1.84 bits per heavy atom. The van der Waals surface area contributed by atoms with E-state index in [0.29, 0.717) is 5.91 Å². The van der Waals surface area contributed by atoms with E-state index in [1.165, 1.54) is 0 Å². The van der Waals surface area contributed by atoms with Gasteiger partial charge in [0.1, 0.15) is 0 Å². The van der Waals surface area contributed by atoms with Crippen LogP contribution in [-0.4, -0.2) is 29.1 Å². The Morgan fingerprint density at radius 1 is 1.21 bits per heavy atom. The van der Waals surface area contributed by atoms with E-state index in [1.807, 2.05) is 0 Å². The number of rotatable bonds is 6. The van der Waals surface area contributed by atoms with Gasteiger partial charge in [0.15, 0.2) is 0 Å². The Hall–Kier alpha value is -0.570. The van der Waals surface area contributed by atoms with Crippen molar-refractivity contribution in [3.63, 3.8) is 0 Å². The van der Waals surface area contributed by atoms with Crippen LogP contribution in [0.15, 0.2) is 0 Å². The molecule has 0 aromatic carbocycles. The second-order valence-electron chi connectivity index (χ2n) is 6.95. The number of hydrogen-bond acceptors (Lipinski definition) is 2. The van der Waals surface area contributed by atoms with Crippen molar-refractivity contribution in [2.24, 2.45) is 5.41 Å². The van der Waals surface area contributed by atoms with Gasteiger partial charge in [-0.3, -0.25) is 10.1 Å². The molecule has 1 rings (SSSR count). The van der Waals surface area contributed by atoms with Crippen LogP contribution in [0.5, 0.6) is 0 Å². The Labute approximate surface area is 119 Å². The van der Waals surface area contributed by atoms with Gasteiger partial charge < -0.3 is 4.90 Å². The number of nitrogens with zero attached hydrogens (tertiary/aromatic N) is 1. The fourth-order valence-corrected chi connectivity index (χ4v) is 2.71. The maximum atomic E-state index is 12.6. The summed E-state index contributed by atoms with van der Waals surface area (Å²) in [6.07, 6.45) is 5.64. The predicted molar refractivity (Wildman–Crippen MR) is 80.9 cm³/mol. The molecule has 3 unspecified atom stereocenters. The van der Waals surface area contributed by atoms with Crippen LogP contribution in [-0.2, 0) is 4.79 Å². The molecule has 19 heavy (non-hydrogen) atoms. The van der Waals surface area contributed by atoms with E-state index in [0.717, 1.165) is 32.1 Å². The van der Waals surface area contributed by atoms with Crippen molar-refractivity contribution < 1.29 is 4.79 Å². The normalized spacial score (nSPS) is 26.0. The molecule has 1 saturated heterocycles. The fourth-order valence-electron chi connectivity index (χ4n) is 2.71. The molecular formula is C16H32N2O. The topological polar surface area (TPSA) is 32.3 Å². The number of amides is 1. The fraction of sp³-hybridized carbons (Fsp3) is 0.938. The lowest BCUT2D eigenvalue weighted by molar-refractivity contribution is -0.134. The Morgan fingerprint density at radius 3 is 2.32 bits per heavy atom. The molecule has 1 heterocycles. The molecular weight excluding hydrogens is 236 g/mol. The number of hydrogen-bond donors (Lipinski definition) is 1. The van der Waals surface area contributed by atoms with Crippen molar-refractivity contribution in [1.29, 1.82) is 0 Å². The minimum Gasteiger partial charge on any atom is -0.323 e. The smallest absolute Gasteiger partial charge is 0.241 e. The summed E-state index contributed by atoms with van der Waals surface area (Å²) in [5.74, 6) is 0.314. The summed E-state index contributed by atoms with van der Waals surface area (Å²) in [5, 5.41) is 3.56. The first kappa shape index (κ1) is 16.5. The SMILES string of the molecule is CCCCC1NC(CCC)N(C(C)C(C)(C)C)C1=O. The molecule has 0 aliphatic carbocycles. The third-order valence-electron chi connectivity index (χ3n) is 4.36. The van der Waals surface area contributed by atoms with E-state index in [1.54, 1.807) is 0 Å². The van der Waals surface area contributed by atoms with E-state index >= 15 is 0 Å². The van der Waals surface area contributed by atoms with E-state index in [-0.39, 0.29) is 23.7 Å². The highest BCUT2D eigenvalue weighted by Crippen LogP contribution is 2.30. The van der Waals surface area contributed by atoms with Gasteiger partial charge in [0, 0.05) is 6.04 Å². The van der Waals surface area contributed by atoms with Gasteiger partial charge in [-0.05, 0) is 25.2 Å². The third kappa shape index (κ3) is 3.95. The average molecular weight is 268 g/mol. The summed E-state index contributed by atoms with van der Waals surface area (Å²) in [6.45, 7) is 13.2. The quantitative estimate of drug-likeness (QED) is 0.799. The standard InChI is InChI=1S/C16H32N2O/c1-7-9-11-13-15(19)18(12(3)16(4,5)6)14(17-13)10-8-2/h12-14,17H,7-11H2,1-6H3. The molecule has 0 aromatic heterocycles. The lowest BCUT2D eigenvalue weighted by Crippen LogP contribution is -2.48. The van der Waals surface area contributed by atoms with Crippen LogP contribution in [0.2, 0.25) is 0 Å². The van der Waals surface area contributed by atoms with Crippen LogP contribution in [0, 0.1) is 5.41 Å². The van der Waals surface area contributed by atoms with E-state index < -0.39 is 0 Å². The van der Waals surface area contributed by atoms with Crippen molar-refractivity contribution in [3.8, 4) is 0 Å². The molecule has 0 bridgehead atoms. The lowest BCUT2D eigenvalue weighted by Gasteiger charge is -2.38. The molecule has 3 atom stereocenters. The minimum absolute atomic E-state index is 0.0429. The average Bonchev–Trinajstić information content (AvgIpc) is 2.62. The van der Waals surface area contributed by atoms with Crippen molar-refractivity contribution >= 4 is 5.91 Å². The molecule has 0 radical (unpaired) electrons. The van der Waals surface area contributed by atoms with Gasteiger partial charge in [-0.2, -0.15) is 0 Å². The zero-order valence-electron chi connectivity index (χ0n) is 13.6. The van der Waals surface area contributed by atoms with E-state index in [2.05, 4.69) is 51.8 Å². The monoisotopic (exact) mass is 268 g/mol. The number of carbonyl (C=O) groups excluding carboxylic acids is 1. The Bertz CT molecular complexity index is 296. The minimum atomic E-state index is 0.0429. The summed E-state index contributed by atoms with van der Waals surface area (Å²) >= 11 is 0. The maximum Gasteiger partial charge on any atom is 0.241 e. The molecule has 1 N–H and O–H groups in total. The van der Waals surface area contributed by atoms with Gasteiger partial charge in [-0.1, -0.05) is 53.9 Å². The second kappa shape index (κ2) is 6.74. The Balaban J connectivity index is 2.82. The molecule has 0 aromatic rings. The van der Waals surface area contributed by atoms with Crippen LogP contribution in [0.3, 0.4) is 0 Å². The van der Waals surface area contributed by atoms with Crippen LogP contribution in [0.25, 0.3) is 0 Å². The first-order chi connectivity index (χ1) is 8.82. The van der Waals surface area contributed by atoms with Crippen molar-refractivity contribution in [3.05, 3.63) is 0 Å². The summed E-state index contributed by atoms with van der Waals surface area (Å²) in [5.41, 5.74) is 0.128. The van der Waals surface area contributed by atoms with Crippen LogP contribution < -0.4 is 5.32 Å². The van der Waals surface area contributed by atoms with Gasteiger partial charge in [-0.25, -0.2) is 0 Å². The number of unbranched alkanes of at least 4 members (excludes halogenated alkanes) is 1. The lowest BCUT2D eigenvalue weighted by atomic mass is 9.86. The van der Waals surface area contributed by atoms with Gasteiger partial charge in [0.05, 0.1) is 12.2 Å². The molecule has 1 aliphatic rings. The van der Waals surface area contributed by atoms with Gasteiger partial charge in [-0.15, -0.1) is 0 Å². The summed E-state index contributed by atoms with van der Waals surface area (Å²) < 4.78 is 0. The van der Waals surface area contributed by atoms with Crippen LogP contribution >= 0.6 is 0 Å². The molecule has 1 aliphatic heterocycles. The molecule has 0 saturated carbocycles. The summed E-state index contributed by atoms with van der Waals surface area (Å²) in [4.78, 5) is 14.8.